The summed E-state index contributed by atoms with van der Waals surface area (Å²) < 4.78 is 0. The van der Waals surface area contributed by atoms with E-state index in [1.54, 1.807) is 24.3 Å². The van der Waals surface area contributed by atoms with Crippen molar-refractivity contribution < 1.29 is 15.0 Å². The van der Waals surface area contributed by atoms with Crippen molar-refractivity contribution in [1.82, 2.24) is 0 Å². The Balaban J connectivity index is 2.58. The third-order valence-electron chi connectivity index (χ3n) is 1.54. The molecule has 0 heterocycles. The fraction of sp³-hybridized carbons (Fsp3) is 0.222. The second kappa shape index (κ2) is 3.88. The van der Waals surface area contributed by atoms with Crippen molar-refractivity contribution in [2.24, 2.45) is 0 Å². The number of carbonyl (C=O) groups excluding carboxylic acids is 1. The van der Waals surface area contributed by atoms with E-state index in [0.717, 1.165) is 5.56 Å². The van der Waals surface area contributed by atoms with E-state index in [1.807, 2.05) is 6.07 Å². The molecule has 0 saturated carbocycles. The summed E-state index contributed by atoms with van der Waals surface area (Å²) >= 11 is 0. The van der Waals surface area contributed by atoms with Crippen molar-refractivity contribution >= 4 is 5.97 Å². The van der Waals surface area contributed by atoms with Crippen molar-refractivity contribution in [3.05, 3.63) is 35.9 Å². The second-order valence-corrected chi connectivity index (χ2v) is 2.52. The van der Waals surface area contributed by atoms with Gasteiger partial charge in [-0.2, -0.15) is 0 Å². The zero-order valence-corrected chi connectivity index (χ0v) is 6.43. The molecule has 0 aliphatic heterocycles. The van der Waals surface area contributed by atoms with Crippen molar-refractivity contribution in [3.63, 3.8) is 0 Å². The smallest absolute Gasteiger partial charge is 0.0973 e. The minimum absolute atomic E-state index is 0.100. The Morgan fingerprint density at radius 3 is 2.50 bits per heavy atom. The zero-order chi connectivity index (χ0) is 8.97. The summed E-state index contributed by atoms with van der Waals surface area (Å²) in [5, 5.41) is 19.1. The lowest BCUT2D eigenvalue weighted by Crippen LogP contribution is -2.36. The maximum atomic E-state index is 10.1. The van der Waals surface area contributed by atoms with E-state index in [4.69, 9.17) is 5.11 Å². The number of carboxylic acid groups (broad SMARTS) is 1. The standard InChI is InChI=1S/C9H10O3/c10-8(9(11)12)6-7-4-2-1-3-5-7/h1-5,8,10H,6H2,(H,11,12)/p-1/i6+1,9+1. The number of aliphatic carboxylic acids is 1. The Hall–Kier alpha value is -1.35. The summed E-state index contributed by atoms with van der Waals surface area (Å²) in [6, 6.07) is 8.92. The average Bonchev–Trinajstić information content (AvgIpc) is 2.06. The monoisotopic (exact) mass is 167 g/mol. The maximum absolute atomic E-state index is 10.1. The SMILES string of the molecule is O=[13C]([O-])C(O)[13CH2]c1ccccc1. The van der Waals surface area contributed by atoms with Crippen LogP contribution < -0.4 is 5.11 Å². The fourth-order valence-corrected chi connectivity index (χ4v) is 0.921. The van der Waals surface area contributed by atoms with Crippen LogP contribution in [0.25, 0.3) is 0 Å². The van der Waals surface area contributed by atoms with Gasteiger partial charge in [0.05, 0.1) is 12.1 Å². The number of aliphatic hydroxyl groups excluding tert-OH is 1. The van der Waals surface area contributed by atoms with Gasteiger partial charge < -0.3 is 15.0 Å². The molecule has 3 heteroatoms. The molecule has 1 unspecified atom stereocenters. The van der Waals surface area contributed by atoms with Gasteiger partial charge in [-0.25, -0.2) is 0 Å². The quantitative estimate of drug-likeness (QED) is 0.608. The lowest BCUT2D eigenvalue weighted by atomic mass is 10.3. The minimum Gasteiger partial charge on any atom is -0.547 e. The Labute approximate surface area is 70.3 Å². The van der Waals surface area contributed by atoms with Gasteiger partial charge >= 0.3 is 0 Å². The highest BCUT2D eigenvalue weighted by Crippen LogP contribution is 2.01. The number of benzene rings is 1. The van der Waals surface area contributed by atoms with E-state index in [2.05, 4.69) is 0 Å². The summed E-state index contributed by atoms with van der Waals surface area (Å²) in [7, 11) is 0. The zero-order valence-electron chi connectivity index (χ0n) is 6.43. The first-order valence-electron chi connectivity index (χ1n) is 3.63. The van der Waals surface area contributed by atoms with Gasteiger partial charge in [-0.1, -0.05) is 30.3 Å². The summed E-state index contributed by atoms with van der Waals surface area (Å²) in [5.74, 6) is -1.43. The van der Waals surface area contributed by atoms with E-state index in [-0.39, 0.29) is 6.42 Å². The molecule has 1 N–H and O–H groups in total. The van der Waals surface area contributed by atoms with Gasteiger partial charge in [0.25, 0.3) is 0 Å². The van der Waals surface area contributed by atoms with E-state index in [1.165, 1.54) is 0 Å². The molecule has 0 spiro atoms. The minimum atomic E-state index is -1.43. The number of aliphatic hydroxyl groups is 1. The number of hydrogen-bond donors (Lipinski definition) is 1. The van der Waals surface area contributed by atoms with Crippen LogP contribution in [0.4, 0.5) is 0 Å². The van der Waals surface area contributed by atoms with Crippen LogP contribution in [0, 0.1) is 0 Å². The predicted molar refractivity (Wildman–Crippen MR) is 41.2 cm³/mol. The highest BCUT2D eigenvalue weighted by molar-refractivity contribution is 5.70. The van der Waals surface area contributed by atoms with E-state index in [0.29, 0.717) is 0 Å². The van der Waals surface area contributed by atoms with Gasteiger partial charge in [0.1, 0.15) is 0 Å². The molecule has 0 fully saturated rings. The molecule has 0 aliphatic carbocycles. The van der Waals surface area contributed by atoms with Crippen LogP contribution in [-0.4, -0.2) is 17.2 Å². The first-order valence-corrected chi connectivity index (χ1v) is 3.63. The molecule has 1 atom stereocenters. The molecule has 3 nitrogen and oxygen atoms in total. The molecule has 0 aliphatic rings. The highest BCUT2D eigenvalue weighted by Gasteiger charge is 2.04. The highest BCUT2D eigenvalue weighted by atomic mass is 16.5. The normalized spacial score (nSPS) is 12.4. The number of carboxylic acids is 1. The van der Waals surface area contributed by atoms with Crippen LogP contribution in [0.1, 0.15) is 5.56 Å². The predicted octanol–water partition coefficient (Wildman–Crippen LogP) is -0.660. The summed E-state index contributed by atoms with van der Waals surface area (Å²) in [5.41, 5.74) is 0.786. The van der Waals surface area contributed by atoms with Gasteiger partial charge in [0.15, 0.2) is 0 Å². The molecule has 0 amide bonds. The average molecular weight is 167 g/mol. The molecule has 12 heavy (non-hydrogen) atoms. The van der Waals surface area contributed by atoms with Gasteiger partial charge in [-0.05, 0) is 5.56 Å². The third kappa shape index (κ3) is 2.36. The first-order chi connectivity index (χ1) is 5.70. The van der Waals surface area contributed by atoms with Crippen LogP contribution in [0.5, 0.6) is 0 Å². The lowest BCUT2D eigenvalue weighted by Gasteiger charge is -2.10. The topological polar surface area (TPSA) is 60.4 Å². The summed E-state index contributed by atoms with van der Waals surface area (Å²) in [6.45, 7) is 0. The second-order valence-electron chi connectivity index (χ2n) is 2.52. The van der Waals surface area contributed by atoms with Crippen LogP contribution in [0.15, 0.2) is 30.3 Å². The Bertz CT molecular complexity index is 256. The Morgan fingerprint density at radius 1 is 1.42 bits per heavy atom. The van der Waals surface area contributed by atoms with Crippen LogP contribution >= 0.6 is 0 Å². The Morgan fingerprint density at radius 2 is 2.00 bits per heavy atom. The number of rotatable bonds is 3. The third-order valence-corrected chi connectivity index (χ3v) is 1.54. The van der Waals surface area contributed by atoms with Crippen LogP contribution in [-0.2, 0) is 11.2 Å². The largest absolute Gasteiger partial charge is 0.547 e. The molecule has 0 radical (unpaired) electrons. The summed E-state index contributed by atoms with van der Waals surface area (Å²) in [6.07, 6.45) is -1.31. The number of carbonyl (C=O) groups is 1. The molecular formula is C9H9O3-. The molecule has 0 saturated heterocycles. The van der Waals surface area contributed by atoms with E-state index in [9.17, 15) is 9.90 Å². The van der Waals surface area contributed by atoms with Gasteiger partial charge in [0.2, 0.25) is 0 Å². The van der Waals surface area contributed by atoms with Crippen molar-refractivity contribution in [1.29, 1.82) is 0 Å². The van der Waals surface area contributed by atoms with Crippen LogP contribution in [0.2, 0.25) is 0 Å². The van der Waals surface area contributed by atoms with Gasteiger partial charge in [-0.15, -0.1) is 0 Å². The van der Waals surface area contributed by atoms with E-state index >= 15 is 0 Å². The van der Waals surface area contributed by atoms with Crippen LogP contribution in [0.3, 0.4) is 0 Å². The lowest BCUT2D eigenvalue weighted by molar-refractivity contribution is -0.314. The molecule has 0 aromatic heterocycles. The van der Waals surface area contributed by atoms with E-state index < -0.39 is 12.1 Å². The van der Waals surface area contributed by atoms with Gasteiger partial charge in [-0.3, -0.25) is 0 Å². The maximum Gasteiger partial charge on any atom is 0.0973 e. The van der Waals surface area contributed by atoms with Crippen molar-refractivity contribution in [3.8, 4) is 0 Å². The molecule has 64 valence electrons. The van der Waals surface area contributed by atoms with Gasteiger partial charge in [0, 0.05) is 6.42 Å². The molecular weight excluding hydrogens is 158 g/mol. The van der Waals surface area contributed by atoms with Crippen molar-refractivity contribution in [2.45, 2.75) is 12.5 Å². The Kier molecular flexibility index (Phi) is 2.82. The molecule has 0 bridgehead atoms. The van der Waals surface area contributed by atoms with Crippen molar-refractivity contribution in [2.75, 3.05) is 0 Å². The fourth-order valence-electron chi connectivity index (χ4n) is 0.921. The molecule has 1 rings (SSSR count). The molecule has 1 aromatic carbocycles. The number of hydrogen-bond acceptors (Lipinski definition) is 3. The first kappa shape index (κ1) is 8.74. The molecule has 1 aromatic rings. The summed E-state index contributed by atoms with van der Waals surface area (Å²) in [4.78, 5) is 10.1.